The number of methoxy groups -OCH3 is 1. The Morgan fingerprint density at radius 1 is 1.45 bits per heavy atom. The number of ether oxygens (including phenoxy) is 1. The van der Waals surface area contributed by atoms with Crippen LogP contribution in [0.1, 0.15) is 24.4 Å². The van der Waals surface area contributed by atoms with Gasteiger partial charge in [0, 0.05) is 11.6 Å². The maximum Gasteiger partial charge on any atom is 0.244 e. The molecule has 2 aromatic rings. The molecule has 1 heterocycles. The topological polar surface area (TPSA) is 79.9 Å². The molecule has 2 rings (SSSR count). The van der Waals surface area contributed by atoms with Crippen LogP contribution in [-0.2, 0) is 4.79 Å². The number of hydrogen-bond donors (Lipinski definition) is 2. The van der Waals surface area contributed by atoms with Gasteiger partial charge in [0.05, 0.1) is 13.2 Å². The van der Waals surface area contributed by atoms with Gasteiger partial charge in [0.1, 0.15) is 17.9 Å². The number of nitrogens with one attached hydrogen (secondary N) is 2. The van der Waals surface area contributed by atoms with Crippen LogP contribution in [0.2, 0.25) is 0 Å². The van der Waals surface area contributed by atoms with Crippen LogP contribution in [0.4, 0.5) is 0 Å². The lowest BCUT2D eigenvalue weighted by molar-refractivity contribution is -0.117. The van der Waals surface area contributed by atoms with Crippen molar-refractivity contribution < 1.29 is 9.53 Å². The summed E-state index contributed by atoms with van der Waals surface area (Å²) in [5.41, 5.74) is 0.845. The molecule has 1 unspecified atom stereocenters. The van der Waals surface area contributed by atoms with Crippen LogP contribution in [0.15, 0.2) is 36.7 Å². The van der Waals surface area contributed by atoms with Crippen LogP contribution in [-0.4, -0.2) is 28.2 Å². The number of hydrogen-bond acceptors (Lipinski definition) is 4. The first kappa shape index (κ1) is 13.8. The Labute approximate surface area is 116 Å². The highest BCUT2D eigenvalue weighted by Crippen LogP contribution is 2.18. The minimum absolute atomic E-state index is 0.209. The summed E-state index contributed by atoms with van der Waals surface area (Å²) in [4.78, 5) is 15.8. The number of para-hydroxylation sites is 1. The summed E-state index contributed by atoms with van der Waals surface area (Å²) in [6, 6.07) is 7.25. The number of amides is 1. The summed E-state index contributed by atoms with van der Waals surface area (Å²) in [6.45, 7) is 1.83. The fraction of sp³-hybridized carbons (Fsp3) is 0.214. The van der Waals surface area contributed by atoms with Crippen LogP contribution < -0.4 is 10.1 Å². The summed E-state index contributed by atoms with van der Waals surface area (Å²) < 4.78 is 5.21. The van der Waals surface area contributed by atoms with E-state index in [0.29, 0.717) is 5.82 Å². The van der Waals surface area contributed by atoms with Gasteiger partial charge in [-0.15, -0.1) is 0 Å². The third-order valence-electron chi connectivity index (χ3n) is 2.76. The molecular formula is C14H16N4O2. The first-order chi connectivity index (χ1) is 9.70. The second-order valence-corrected chi connectivity index (χ2v) is 4.18. The first-order valence-corrected chi connectivity index (χ1v) is 6.17. The molecule has 0 spiro atoms. The Balaban J connectivity index is 1.99. The van der Waals surface area contributed by atoms with E-state index in [9.17, 15) is 4.79 Å². The van der Waals surface area contributed by atoms with E-state index in [1.807, 2.05) is 31.2 Å². The summed E-state index contributed by atoms with van der Waals surface area (Å²) in [7, 11) is 1.60. The van der Waals surface area contributed by atoms with Gasteiger partial charge in [-0.3, -0.25) is 9.89 Å². The number of carbonyl (C=O) groups excluding carboxylic acids is 1. The molecule has 0 aliphatic carbocycles. The van der Waals surface area contributed by atoms with E-state index >= 15 is 0 Å². The predicted octanol–water partition coefficient (Wildman–Crippen LogP) is 1.70. The number of aromatic nitrogens is 3. The van der Waals surface area contributed by atoms with Crippen LogP contribution >= 0.6 is 0 Å². The molecule has 0 fully saturated rings. The maximum absolute atomic E-state index is 11.8. The largest absolute Gasteiger partial charge is 0.496 e. The van der Waals surface area contributed by atoms with Gasteiger partial charge < -0.3 is 10.1 Å². The highest BCUT2D eigenvalue weighted by Gasteiger charge is 2.09. The molecule has 0 saturated carbocycles. The maximum atomic E-state index is 11.8. The molecule has 0 radical (unpaired) electrons. The molecule has 0 aliphatic rings. The van der Waals surface area contributed by atoms with Gasteiger partial charge >= 0.3 is 0 Å². The molecule has 1 aromatic carbocycles. The Bertz CT molecular complexity index is 593. The summed E-state index contributed by atoms with van der Waals surface area (Å²) in [5.74, 6) is 1.13. The fourth-order valence-corrected chi connectivity index (χ4v) is 1.72. The van der Waals surface area contributed by atoms with Crippen molar-refractivity contribution in [2.24, 2.45) is 0 Å². The van der Waals surface area contributed by atoms with E-state index in [0.717, 1.165) is 11.3 Å². The van der Waals surface area contributed by atoms with Crippen molar-refractivity contribution >= 4 is 12.0 Å². The molecule has 1 amide bonds. The van der Waals surface area contributed by atoms with Crippen LogP contribution in [0.25, 0.3) is 6.08 Å². The minimum Gasteiger partial charge on any atom is -0.496 e. The highest BCUT2D eigenvalue weighted by atomic mass is 16.5. The second kappa shape index (κ2) is 6.51. The van der Waals surface area contributed by atoms with Crippen molar-refractivity contribution in [2.45, 2.75) is 13.0 Å². The molecule has 6 heteroatoms. The van der Waals surface area contributed by atoms with Gasteiger partial charge in [-0.1, -0.05) is 18.2 Å². The summed E-state index contributed by atoms with van der Waals surface area (Å²) in [5, 5.41) is 9.25. The summed E-state index contributed by atoms with van der Waals surface area (Å²) in [6.07, 6.45) is 4.58. The predicted molar refractivity (Wildman–Crippen MR) is 75.0 cm³/mol. The smallest absolute Gasteiger partial charge is 0.244 e. The molecule has 104 valence electrons. The Morgan fingerprint density at radius 2 is 2.25 bits per heavy atom. The Kier molecular flexibility index (Phi) is 4.49. The molecule has 20 heavy (non-hydrogen) atoms. The molecule has 1 aromatic heterocycles. The van der Waals surface area contributed by atoms with Gasteiger partial charge in [0.2, 0.25) is 5.91 Å². The standard InChI is InChI=1S/C14H16N4O2/c1-10(14-15-9-16-18-14)17-13(19)8-7-11-5-3-4-6-12(11)20-2/h3-10H,1-2H3,(H,17,19)(H,15,16,18)/b8-7+. The zero-order valence-corrected chi connectivity index (χ0v) is 11.3. The summed E-state index contributed by atoms with van der Waals surface area (Å²) >= 11 is 0. The van der Waals surface area contributed by atoms with Gasteiger partial charge in [-0.25, -0.2) is 4.98 Å². The van der Waals surface area contributed by atoms with Crippen molar-refractivity contribution in [1.82, 2.24) is 20.5 Å². The number of H-pyrrole nitrogens is 1. The normalized spacial score (nSPS) is 12.3. The van der Waals surface area contributed by atoms with E-state index in [4.69, 9.17) is 4.74 Å². The highest BCUT2D eigenvalue weighted by molar-refractivity contribution is 5.92. The lowest BCUT2D eigenvalue weighted by Crippen LogP contribution is -2.25. The Hall–Kier alpha value is -2.63. The molecule has 0 saturated heterocycles. The average molecular weight is 272 g/mol. The lowest BCUT2D eigenvalue weighted by Gasteiger charge is -2.08. The van der Waals surface area contributed by atoms with Crippen molar-refractivity contribution in [2.75, 3.05) is 7.11 Å². The lowest BCUT2D eigenvalue weighted by atomic mass is 10.2. The van der Waals surface area contributed by atoms with E-state index in [2.05, 4.69) is 20.5 Å². The number of benzene rings is 1. The van der Waals surface area contributed by atoms with E-state index in [1.165, 1.54) is 12.4 Å². The monoisotopic (exact) mass is 272 g/mol. The number of nitrogens with zero attached hydrogens (tertiary/aromatic N) is 2. The fourth-order valence-electron chi connectivity index (χ4n) is 1.72. The molecule has 0 aliphatic heterocycles. The third-order valence-corrected chi connectivity index (χ3v) is 2.76. The molecule has 6 nitrogen and oxygen atoms in total. The van der Waals surface area contributed by atoms with Crippen LogP contribution in [0.3, 0.4) is 0 Å². The molecular weight excluding hydrogens is 256 g/mol. The number of carbonyl (C=O) groups is 1. The second-order valence-electron chi connectivity index (χ2n) is 4.18. The van der Waals surface area contributed by atoms with Crippen molar-refractivity contribution in [1.29, 1.82) is 0 Å². The van der Waals surface area contributed by atoms with Crippen molar-refractivity contribution in [3.05, 3.63) is 48.1 Å². The van der Waals surface area contributed by atoms with Crippen LogP contribution in [0, 0.1) is 0 Å². The van der Waals surface area contributed by atoms with Crippen molar-refractivity contribution in [3.8, 4) is 5.75 Å². The zero-order chi connectivity index (χ0) is 14.4. The van der Waals surface area contributed by atoms with Gasteiger partial charge in [0.25, 0.3) is 0 Å². The first-order valence-electron chi connectivity index (χ1n) is 6.17. The number of rotatable bonds is 5. The van der Waals surface area contributed by atoms with Gasteiger partial charge in [0.15, 0.2) is 0 Å². The van der Waals surface area contributed by atoms with Crippen molar-refractivity contribution in [3.63, 3.8) is 0 Å². The molecule has 1 atom stereocenters. The zero-order valence-electron chi connectivity index (χ0n) is 11.3. The average Bonchev–Trinajstić information content (AvgIpc) is 2.99. The molecule has 2 N–H and O–H groups in total. The third kappa shape index (κ3) is 3.44. The minimum atomic E-state index is -0.229. The van der Waals surface area contributed by atoms with E-state index in [1.54, 1.807) is 13.2 Å². The Morgan fingerprint density at radius 3 is 2.95 bits per heavy atom. The van der Waals surface area contributed by atoms with E-state index in [-0.39, 0.29) is 11.9 Å². The van der Waals surface area contributed by atoms with Gasteiger partial charge in [-0.05, 0) is 19.1 Å². The SMILES string of the molecule is COc1ccccc1/C=C/C(=O)NC(C)c1ncn[nH]1. The van der Waals surface area contributed by atoms with E-state index < -0.39 is 0 Å². The quantitative estimate of drug-likeness (QED) is 0.812. The number of aromatic amines is 1. The molecule has 0 bridgehead atoms. The van der Waals surface area contributed by atoms with Gasteiger partial charge in [-0.2, -0.15) is 5.10 Å². The van der Waals surface area contributed by atoms with Crippen LogP contribution in [0.5, 0.6) is 5.75 Å².